The van der Waals surface area contributed by atoms with Crippen LogP contribution in [-0.2, 0) is 11.2 Å². The number of aromatic nitrogens is 2. The summed E-state index contributed by atoms with van der Waals surface area (Å²) in [6.45, 7) is 1.66. The van der Waals surface area contributed by atoms with Crippen LogP contribution < -0.4 is 10.9 Å². The normalized spacial score (nSPS) is 10.8. The van der Waals surface area contributed by atoms with E-state index < -0.39 is 0 Å². The van der Waals surface area contributed by atoms with E-state index in [1.807, 2.05) is 6.07 Å². The third kappa shape index (κ3) is 4.09. The first-order valence-electron chi connectivity index (χ1n) is 8.07. The number of carbonyl (C=O) groups is 1. The molecule has 5 nitrogen and oxygen atoms in total. The second kappa shape index (κ2) is 7.25. The molecular weight excluding hydrogens is 321 g/mol. The number of amides is 1. The predicted octanol–water partition coefficient (Wildman–Crippen LogP) is 3.33. The molecule has 0 aliphatic heterocycles. The highest BCUT2D eigenvalue weighted by molar-refractivity contribution is 5.90. The summed E-state index contributed by atoms with van der Waals surface area (Å²) in [6, 6.07) is 11.7. The first-order chi connectivity index (χ1) is 12.0. The van der Waals surface area contributed by atoms with E-state index in [1.165, 1.54) is 6.07 Å². The van der Waals surface area contributed by atoms with E-state index in [-0.39, 0.29) is 23.7 Å². The van der Waals surface area contributed by atoms with Crippen LogP contribution in [0.1, 0.15) is 24.2 Å². The van der Waals surface area contributed by atoms with Gasteiger partial charge in [-0.2, -0.15) is 0 Å². The number of benzene rings is 2. The second-order valence-electron chi connectivity index (χ2n) is 5.90. The fourth-order valence-corrected chi connectivity index (χ4v) is 2.56. The molecule has 25 heavy (non-hydrogen) atoms. The Labute approximate surface area is 143 Å². The van der Waals surface area contributed by atoms with Gasteiger partial charge in [-0.05, 0) is 43.2 Å². The Morgan fingerprint density at radius 2 is 2.04 bits per heavy atom. The molecule has 2 aromatic carbocycles. The molecule has 1 heterocycles. The lowest BCUT2D eigenvalue weighted by Crippen LogP contribution is -2.14. The van der Waals surface area contributed by atoms with Gasteiger partial charge >= 0.3 is 0 Å². The molecule has 3 rings (SSSR count). The van der Waals surface area contributed by atoms with Gasteiger partial charge in [-0.3, -0.25) is 9.59 Å². The summed E-state index contributed by atoms with van der Waals surface area (Å²) in [7, 11) is 0. The number of aromatic amines is 1. The topological polar surface area (TPSA) is 74.8 Å². The van der Waals surface area contributed by atoms with Gasteiger partial charge in [0, 0.05) is 18.5 Å². The third-order valence-corrected chi connectivity index (χ3v) is 3.93. The van der Waals surface area contributed by atoms with Crippen LogP contribution in [0.5, 0.6) is 0 Å². The molecule has 1 amide bonds. The maximum Gasteiger partial charge on any atom is 0.258 e. The molecule has 0 atom stereocenters. The highest BCUT2D eigenvalue weighted by Gasteiger charge is 2.07. The standard InChI is InChI=1S/C19H18FN3O2/c1-12-9-10-13(11-15(12)20)21-18(24)8-4-7-17-22-16-6-3-2-5-14(16)19(25)23-17/h2-3,5-6,9-11H,4,7-8H2,1H3,(H,21,24)(H,22,23,25). The van der Waals surface area contributed by atoms with E-state index in [2.05, 4.69) is 15.3 Å². The Morgan fingerprint density at radius 3 is 2.84 bits per heavy atom. The van der Waals surface area contributed by atoms with Crippen molar-refractivity contribution in [2.45, 2.75) is 26.2 Å². The van der Waals surface area contributed by atoms with Gasteiger partial charge in [0.25, 0.3) is 5.56 Å². The molecule has 1 aromatic heterocycles. The van der Waals surface area contributed by atoms with Crippen LogP contribution in [0.3, 0.4) is 0 Å². The van der Waals surface area contributed by atoms with Gasteiger partial charge in [0.1, 0.15) is 11.6 Å². The predicted molar refractivity (Wildman–Crippen MR) is 95.1 cm³/mol. The summed E-state index contributed by atoms with van der Waals surface area (Å²) < 4.78 is 13.5. The van der Waals surface area contributed by atoms with E-state index in [0.29, 0.717) is 40.8 Å². The van der Waals surface area contributed by atoms with Crippen molar-refractivity contribution in [2.24, 2.45) is 0 Å². The molecule has 0 radical (unpaired) electrons. The minimum Gasteiger partial charge on any atom is -0.326 e. The Balaban J connectivity index is 1.58. The molecular formula is C19H18FN3O2. The summed E-state index contributed by atoms with van der Waals surface area (Å²) in [5, 5.41) is 3.21. The fraction of sp³-hybridized carbons (Fsp3) is 0.211. The number of para-hydroxylation sites is 1. The number of hydrogen-bond acceptors (Lipinski definition) is 3. The highest BCUT2D eigenvalue weighted by Crippen LogP contribution is 2.14. The average Bonchev–Trinajstić information content (AvgIpc) is 2.58. The molecule has 128 valence electrons. The van der Waals surface area contributed by atoms with E-state index in [9.17, 15) is 14.0 Å². The second-order valence-corrected chi connectivity index (χ2v) is 5.90. The lowest BCUT2D eigenvalue weighted by molar-refractivity contribution is -0.116. The summed E-state index contributed by atoms with van der Waals surface area (Å²) in [5.74, 6) is 0.00000778. The van der Waals surface area contributed by atoms with Crippen molar-refractivity contribution in [1.29, 1.82) is 0 Å². The van der Waals surface area contributed by atoms with E-state index >= 15 is 0 Å². The Kier molecular flexibility index (Phi) is 4.88. The molecule has 2 N–H and O–H groups in total. The van der Waals surface area contributed by atoms with Crippen LogP contribution in [0.25, 0.3) is 10.9 Å². The Bertz CT molecular complexity index is 982. The van der Waals surface area contributed by atoms with Crippen molar-refractivity contribution in [3.8, 4) is 0 Å². The number of fused-ring (bicyclic) bond motifs is 1. The number of nitrogens with one attached hydrogen (secondary N) is 2. The number of H-pyrrole nitrogens is 1. The number of aryl methyl sites for hydroxylation is 2. The van der Waals surface area contributed by atoms with Crippen molar-refractivity contribution >= 4 is 22.5 Å². The lowest BCUT2D eigenvalue weighted by atomic mass is 10.2. The number of halogens is 1. The smallest absolute Gasteiger partial charge is 0.258 e. The Hall–Kier alpha value is -3.02. The van der Waals surface area contributed by atoms with Gasteiger partial charge in [0.05, 0.1) is 10.9 Å². The third-order valence-electron chi connectivity index (χ3n) is 3.93. The van der Waals surface area contributed by atoms with Crippen LogP contribution >= 0.6 is 0 Å². The van der Waals surface area contributed by atoms with Gasteiger partial charge in [-0.1, -0.05) is 18.2 Å². The van der Waals surface area contributed by atoms with Crippen LogP contribution in [0.2, 0.25) is 0 Å². The molecule has 0 saturated heterocycles. The van der Waals surface area contributed by atoms with Crippen molar-refractivity contribution in [3.05, 3.63) is 70.0 Å². The largest absolute Gasteiger partial charge is 0.326 e. The zero-order valence-corrected chi connectivity index (χ0v) is 13.8. The molecule has 0 aliphatic carbocycles. The van der Waals surface area contributed by atoms with Crippen LogP contribution in [0.15, 0.2) is 47.3 Å². The van der Waals surface area contributed by atoms with Crippen molar-refractivity contribution in [1.82, 2.24) is 9.97 Å². The molecule has 6 heteroatoms. The van der Waals surface area contributed by atoms with E-state index in [0.717, 1.165) is 0 Å². The van der Waals surface area contributed by atoms with Crippen molar-refractivity contribution in [3.63, 3.8) is 0 Å². The maximum atomic E-state index is 13.5. The van der Waals surface area contributed by atoms with Gasteiger partial charge in [-0.25, -0.2) is 9.37 Å². The number of hydrogen-bond donors (Lipinski definition) is 2. The Morgan fingerprint density at radius 1 is 1.24 bits per heavy atom. The molecule has 0 fully saturated rings. The van der Waals surface area contributed by atoms with Crippen LogP contribution in [-0.4, -0.2) is 15.9 Å². The van der Waals surface area contributed by atoms with E-state index in [4.69, 9.17) is 0 Å². The number of carbonyl (C=O) groups excluding carboxylic acids is 1. The van der Waals surface area contributed by atoms with Gasteiger partial charge in [0.15, 0.2) is 0 Å². The zero-order chi connectivity index (χ0) is 17.8. The fourth-order valence-electron chi connectivity index (χ4n) is 2.56. The number of rotatable bonds is 5. The van der Waals surface area contributed by atoms with Crippen molar-refractivity contribution < 1.29 is 9.18 Å². The summed E-state index contributed by atoms with van der Waals surface area (Å²) in [5.41, 5.74) is 1.43. The lowest BCUT2D eigenvalue weighted by Gasteiger charge is -2.06. The minimum absolute atomic E-state index is 0.180. The summed E-state index contributed by atoms with van der Waals surface area (Å²) >= 11 is 0. The molecule has 0 saturated carbocycles. The first-order valence-corrected chi connectivity index (χ1v) is 8.07. The maximum absolute atomic E-state index is 13.5. The zero-order valence-electron chi connectivity index (χ0n) is 13.8. The summed E-state index contributed by atoms with van der Waals surface area (Å²) in [4.78, 5) is 31.1. The van der Waals surface area contributed by atoms with Gasteiger partial charge in [0.2, 0.25) is 5.91 Å². The summed E-state index contributed by atoms with van der Waals surface area (Å²) in [6.07, 6.45) is 1.27. The highest BCUT2D eigenvalue weighted by atomic mass is 19.1. The van der Waals surface area contributed by atoms with Gasteiger partial charge < -0.3 is 10.3 Å². The average molecular weight is 339 g/mol. The van der Waals surface area contributed by atoms with Gasteiger partial charge in [-0.15, -0.1) is 0 Å². The minimum atomic E-state index is -0.351. The molecule has 0 aliphatic rings. The number of nitrogens with zero attached hydrogens (tertiary/aromatic N) is 1. The number of anilines is 1. The molecule has 0 unspecified atom stereocenters. The van der Waals surface area contributed by atoms with Crippen LogP contribution in [0.4, 0.5) is 10.1 Å². The first kappa shape index (κ1) is 16.8. The quantitative estimate of drug-likeness (QED) is 0.749. The van der Waals surface area contributed by atoms with Crippen LogP contribution in [0, 0.1) is 12.7 Å². The SMILES string of the molecule is Cc1ccc(NC(=O)CCCc2nc3ccccc3c(=O)[nH]2)cc1F. The molecule has 0 bridgehead atoms. The molecule has 3 aromatic rings. The molecule has 0 spiro atoms. The van der Waals surface area contributed by atoms with E-state index in [1.54, 1.807) is 37.3 Å². The van der Waals surface area contributed by atoms with Crippen molar-refractivity contribution in [2.75, 3.05) is 5.32 Å². The monoisotopic (exact) mass is 339 g/mol.